The van der Waals surface area contributed by atoms with Crippen molar-refractivity contribution >= 4 is 28.5 Å². The lowest BCUT2D eigenvalue weighted by atomic mass is 9.96. The molecule has 40 heavy (non-hydrogen) atoms. The summed E-state index contributed by atoms with van der Waals surface area (Å²) in [7, 11) is 0. The van der Waals surface area contributed by atoms with E-state index in [1.54, 1.807) is 6.20 Å². The van der Waals surface area contributed by atoms with Crippen molar-refractivity contribution in [3.8, 4) is 0 Å². The number of alkyl halides is 3. The molecule has 0 bridgehead atoms. The Bertz CT molecular complexity index is 1310. The fourth-order valence-electron chi connectivity index (χ4n) is 4.21. The van der Waals surface area contributed by atoms with Crippen molar-refractivity contribution in [3.05, 3.63) is 77.5 Å². The summed E-state index contributed by atoms with van der Waals surface area (Å²) in [6.07, 6.45) is -3.44. The van der Waals surface area contributed by atoms with Crippen molar-refractivity contribution in [2.24, 2.45) is 17.2 Å². The Hall–Kier alpha value is -3.87. The Kier molecular flexibility index (Phi) is 10.7. The van der Waals surface area contributed by atoms with Gasteiger partial charge in [0.1, 0.15) is 0 Å². The summed E-state index contributed by atoms with van der Waals surface area (Å²) in [5.74, 6) is -1.54. The van der Waals surface area contributed by atoms with Gasteiger partial charge in [-0.15, -0.1) is 0 Å². The molecule has 3 rings (SSSR count). The molecule has 2 aromatic carbocycles. The monoisotopic (exact) mass is 558 g/mol. The minimum atomic E-state index is -4.51. The van der Waals surface area contributed by atoms with Crippen LogP contribution in [0.4, 0.5) is 13.2 Å². The van der Waals surface area contributed by atoms with Gasteiger partial charge in [0.05, 0.1) is 29.6 Å². The summed E-state index contributed by atoms with van der Waals surface area (Å²) in [5, 5.41) is 3.43. The van der Waals surface area contributed by atoms with Crippen LogP contribution in [0.15, 0.2) is 60.8 Å². The summed E-state index contributed by atoms with van der Waals surface area (Å²) in [6, 6.07) is 11.2. The number of hydrogen-bond acceptors (Lipinski definition) is 7. The van der Waals surface area contributed by atoms with Gasteiger partial charge in [-0.2, -0.15) is 13.2 Å². The standard InChI is InChI=1S/C28H33F3N6O3/c29-28(30,31)21-7-5-18(6-8-21)14-24(25(38)15-19-13-20-3-1-2-4-23(20)35-17-19)36-27(40)22(34)16-26(39)37(11-9-32)12-10-33/h1-8,13,17,22,24H,9-12,14-16,32-34H2,(H,36,40)/t22-,24-/m1/s1. The zero-order chi connectivity index (χ0) is 29.3. The number of para-hydroxylation sites is 1. The number of benzene rings is 2. The molecule has 0 aliphatic rings. The van der Waals surface area contributed by atoms with Gasteiger partial charge in [0, 0.05) is 44.2 Å². The normalized spacial score (nSPS) is 13.1. The molecule has 3 aromatic rings. The van der Waals surface area contributed by atoms with E-state index in [-0.39, 0.29) is 45.4 Å². The lowest BCUT2D eigenvalue weighted by molar-refractivity contribution is -0.137. The number of ketones is 1. The number of fused-ring (bicyclic) bond motifs is 1. The minimum absolute atomic E-state index is 0.0726. The third-order valence-electron chi connectivity index (χ3n) is 6.33. The predicted molar refractivity (Wildman–Crippen MR) is 145 cm³/mol. The van der Waals surface area contributed by atoms with E-state index in [1.807, 2.05) is 30.3 Å². The van der Waals surface area contributed by atoms with Crippen molar-refractivity contribution in [2.45, 2.75) is 37.5 Å². The average Bonchev–Trinajstić information content (AvgIpc) is 2.92. The molecule has 1 heterocycles. The number of halogens is 3. The zero-order valence-corrected chi connectivity index (χ0v) is 21.9. The molecule has 2 amide bonds. The number of rotatable bonds is 13. The Morgan fingerprint density at radius 1 is 0.950 bits per heavy atom. The van der Waals surface area contributed by atoms with Gasteiger partial charge in [-0.25, -0.2) is 0 Å². The Labute approximate surface area is 229 Å². The van der Waals surface area contributed by atoms with Crippen LogP contribution in [-0.2, 0) is 33.4 Å². The SMILES string of the molecule is NCCN(CCN)C(=O)C[C@@H](N)C(=O)N[C@H](Cc1ccc(C(F)(F)F)cc1)C(=O)Cc1cnc2ccccc2c1. The summed E-state index contributed by atoms with van der Waals surface area (Å²) in [6.45, 7) is 0.916. The highest BCUT2D eigenvalue weighted by Crippen LogP contribution is 2.29. The molecule has 2 atom stereocenters. The molecule has 0 saturated heterocycles. The quantitative estimate of drug-likeness (QED) is 0.248. The van der Waals surface area contributed by atoms with Gasteiger partial charge < -0.3 is 27.4 Å². The molecule has 12 heteroatoms. The van der Waals surface area contributed by atoms with E-state index < -0.39 is 41.4 Å². The van der Waals surface area contributed by atoms with Crippen LogP contribution in [0.2, 0.25) is 0 Å². The first-order valence-corrected chi connectivity index (χ1v) is 12.8. The second-order valence-electron chi connectivity index (χ2n) is 9.41. The number of amides is 2. The van der Waals surface area contributed by atoms with Crippen LogP contribution >= 0.6 is 0 Å². The van der Waals surface area contributed by atoms with Crippen molar-refractivity contribution in [1.29, 1.82) is 0 Å². The van der Waals surface area contributed by atoms with Crippen molar-refractivity contribution in [3.63, 3.8) is 0 Å². The van der Waals surface area contributed by atoms with E-state index in [0.29, 0.717) is 11.1 Å². The van der Waals surface area contributed by atoms with Crippen molar-refractivity contribution < 1.29 is 27.6 Å². The van der Waals surface area contributed by atoms with E-state index in [0.717, 1.165) is 23.0 Å². The van der Waals surface area contributed by atoms with Crippen LogP contribution in [0, 0.1) is 0 Å². The third kappa shape index (κ3) is 8.57. The van der Waals surface area contributed by atoms with Gasteiger partial charge in [-0.3, -0.25) is 19.4 Å². The number of nitrogens with two attached hydrogens (primary N) is 3. The number of carbonyl (C=O) groups is 3. The molecule has 214 valence electrons. The van der Waals surface area contributed by atoms with Crippen molar-refractivity contribution in [2.75, 3.05) is 26.2 Å². The van der Waals surface area contributed by atoms with Gasteiger partial charge in [0.15, 0.2) is 5.78 Å². The maximum atomic E-state index is 13.4. The number of hydrogen-bond donors (Lipinski definition) is 4. The maximum Gasteiger partial charge on any atom is 0.416 e. The molecule has 1 aromatic heterocycles. The summed E-state index contributed by atoms with van der Waals surface area (Å²) < 4.78 is 39.0. The smallest absolute Gasteiger partial charge is 0.345 e. The van der Waals surface area contributed by atoms with E-state index in [2.05, 4.69) is 10.3 Å². The minimum Gasteiger partial charge on any atom is -0.345 e. The number of pyridine rings is 1. The molecule has 0 spiro atoms. The number of nitrogens with zero attached hydrogens (tertiary/aromatic N) is 2. The highest BCUT2D eigenvalue weighted by Gasteiger charge is 2.31. The second kappa shape index (κ2) is 14.0. The predicted octanol–water partition coefficient (Wildman–Crippen LogP) is 1.56. The summed E-state index contributed by atoms with van der Waals surface area (Å²) in [4.78, 5) is 44.7. The van der Waals surface area contributed by atoms with Crippen LogP contribution in [0.1, 0.15) is 23.1 Å². The highest BCUT2D eigenvalue weighted by atomic mass is 19.4. The lowest BCUT2D eigenvalue weighted by Gasteiger charge is -2.24. The number of nitrogens with one attached hydrogen (secondary N) is 1. The van der Waals surface area contributed by atoms with Gasteiger partial charge in [0.2, 0.25) is 11.8 Å². The fraction of sp³-hybridized carbons (Fsp3) is 0.357. The van der Waals surface area contributed by atoms with E-state index >= 15 is 0 Å². The lowest BCUT2D eigenvalue weighted by Crippen LogP contribution is -2.51. The molecule has 0 aliphatic carbocycles. The molecular weight excluding hydrogens is 525 g/mol. The molecule has 7 N–H and O–H groups in total. The zero-order valence-electron chi connectivity index (χ0n) is 21.9. The molecule has 0 aliphatic heterocycles. The van der Waals surface area contributed by atoms with Crippen LogP contribution in [0.5, 0.6) is 0 Å². The second-order valence-corrected chi connectivity index (χ2v) is 9.41. The fourth-order valence-corrected chi connectivity index (χ4v) is 4.21. The van der Waals surface area contributed by atoms with Gasteiger partial charge in [-0.1, -0.05) is 30.3 Å². The third-order valence-corrected chi connectivity index (χ3v) is 6.33. The molecule has 0 unspecified atom stereocenters. The first-order valence-electron chi connectivity index (χ1n) is 12.8. The van der Waals surface area contributed by atoms with E-state index in [4.69, 9.17) is 17.2 Å². The average molecular weight is 559 g/mol. The highest BCUT2D eigenvalue weighted by molar-refractivity contribution is 5.94. The van der Waals surface area contributed by atoms with Crippen LogP contribution in [0.25, 0.3) is 10.9 Å². The number of carbonyl (C=O) groups excluding carboxylic acids is 3. The first kappa shape index (κ1) is 30.7. The molecule has 0 fully saturated rings. The number of aromatic nitrogens is 1. The molecule has 9 nitrogen and oxygen atoms in total. The van der Waals surface area contributed by atoms with Crippen LogP contribution < -0.4 is 22.5 Å². The van der Waals surface area contributed by atoms with Crippen molar-refractivity contribution in [1.82, 2.24) is 15.2 Å². The van der Waals surface area contributed by atoms with Gasteiger partial charge in [-0.05, 0) is 41.8 Å². The summed E-state index contributed by atoms with van der Waals surface area (Å²) in [5.41, 5.74) is 18.0. The maximum absolute atomic E-state index is 13.4. The van der Waals surface area contributed by atoms with E-state index in [9.17, 15) is 27.6 Å². The topological polar surface area (TPSA) is 157 Å². The Morgan fingerprint density at radius 2 is 1.60 bits per heavy atom. The Balaban J connectivity index is 1.77. The van der Waals surface area contributed by atoms with E-state index in [1.165, 1.54) is 17.0 Å². The van der Waals surface area contributed by atoms with Gasteiger partial charge in [0.25, 0.3) is 0 Å². The Morgan fingerprint density at radius 3 is 2.23 bits per heavy atom. The van der Waals surface area contributed by atoms with Gasteiger partial charge >= 0.3 is 6.18 Å². The summed E-state index contributed by atoms with van der Waals surface area (Å²) >= 11 is 0. The van der Waals surface area contributed by atoms with Crippen LogP contribution in [-0.4, -0.2) is 65.7 Å². The molecule has 0 saturated carbocycles. The molecular formula is C28H33F3N6O3. The molecule has 0 radical (unpaired) electrons. The van der Waals surface area contributed by atoms with Crippen LogP contribution in [0.3, 0.4) is 0 Å². The largest absolute Gasteiger partial charge is 0.416 e. The first-order chi connectivity index (χ1) is 19.0. The number of Topliss-reactive ketones (excluding diaryl/α,β-unsaturated/α-hetero) is 1.